The first kappa shape index (κ1) is 13.2. The smallest absolute Gasteiger partial charge is 0.142 e. The lowest BCUT2D eigenvalue weighted by atomic mass is 9.91. The summed E-state index contributed by atoms with van der Waals surface area (Å²) >= 11 is 0. The van der Waals surface area contributed by atoms with Crippen molar-refractivity contribution in [1.29, 1.82) is 0 Å². The van der Waals surface area contributed by atoms with Crippen LogP contribution in [0.1, 0.15) is 24.3 Å². The molecule has 4 heteroatoms. The number of nitrogens with two attached hydrogens (primary N) is 1. The molecule has 1 aliphatic heterocycles. The van der Waals surface area contributed by atoms with Gasteiger partial charge in [-0.1, -0.05) is 6.07 Å². The Morgan fingerprint density at radius 3 is 2.78 bits per heavy atom. The van der Waals surface area contributed by atoms with Crippen LogP contribution >= 0.6 is 0 Å². The number of methoxy groups -OCH3 is 1. The van der Waals surface area contributed by atoms with Gasteiger partial charge in [-0.25, -0.2) is 0 Å². The van der Waals surface area contributed by atoms with Gasteiger partial charge in [0.25, 0.3) is 0 Å². The largest absolute Gasteiger partial charge is 0.489 e. The zero-order valence-corrected chi connectivity index (χ0v) is 10.9. The number of ether oxygens (including phenoxy) is 3. The molecule has 2 N–H and O–H groups in total. The summed E-state index contributed by atoms with van der Waals surface area (Å²) in [4.78, 5) is 0. The number of benzene rings is 1. The minimum atomic E-state index is 0.526. The summed E-state index contributed by atoms with van der Waals surface area (Å²) in [5, 5.41) is 0. The van der Waals surface area contributed by atoms with Crippen LogP contribution in [0.4, 0.5) is 5.69 Å². The Kier molecular flexibility index (Phi) is 4.84. The number of rotatable bonds is 5. The van der Waals surface area contributed by atoms with Crippen molar-refractivity contribution >= 4 is 5.69 Å². The first-order chi connectivity index (χ1) is 8.81. The highest BCUT2D eigenvalue weighted by Crippen LogP contribution is 2.32. The third kappa shape index (κ3) is 3.37. The van der Waals surface area contributed by atoms with Crippen LogP contribution in [0.15, 0.2) is 18.2 Å². The molecule has 0 spiro atoms. The summed E-state index contributed by atoms with van der Waals surface area (Å²) in [6, 6.07) is 6.07. The summed E-state index contributed by atoms with van der Waals surface area (Å²) in [5.41, 5.74) is 7.88. The summed E-state index contributed by atoms with van der Waals surface area (Å²) in [6.45, 7) is 2.78. The van der Waals surface area contributed by atoms with E-state index in [2.05, 4.69) is 12.1 Å². The monoisotopic (exact) mass is 251 g/mol. The van der Waals surface area contributed by atoms with Crippen molar-refractivity contribution in [1.82, 2.24) is 0 Å². The average molecular weight is 251 g/mol. The zero-order chi connectivity index (χ0) is 12.8. The number of nitrogen functional groups attached to an aromatic ring is 1. The van der Waals surface area contributed by atoms with E-state index in [1.165, 1.54) is 5.56 Å². The minimum absolute atomic E-state index is 0.526. The maximum Gasteiger partial charge on any atom is 0.142 e. The molecule has 0 unspecified atom stereocenters. The summed E-state index contributed by atoms with van der Waals surface area (Å²) in [7, 11) is 1.66. The van der Waals surface area contributed by atoms with Crippen molar-refractivity contribution in [2.45, 2.75) is 18.8 Å². The molecule has 0 aromatic heterocycles. The van der Waals surface area contributed by atoms with E-state index in [0.717, 1.165) is 31.8 Å². The van der Waals surface area contributed by atoms with Crippen LogP contribution in [0.2, 0.25) is 0 Å². The lowest BCUT2D eigenvalue weighted by Gasteiger charge is -2.23. The standard InChI is InChI=1S/C14H21NO3/c1-16-8-9-18-14-10-12(2-3-13(14)15)11-4-6-17-7-5-11/h2-3,10-11H,4-9,15H2,1H3. The zero-order valence-electron chi connectivity index (χ0n) is 10.9. The van der Waals surface area contributed by atoms with Crippen LogP contribution in [0.3, 0.4) is 0 Å². The molecule has 1 saturated heterocycles. The highest BCUT2D eigenvalue weighted by molar-refractivity contribution is 5.54. The number of hydrogen-bond donors (Lipinski definition) is 1. The maximum absolute atomic E-state index is 5.91. The second-order valence-electron chi connectivity index (χ2n) is 4.53. The van der Waals surface area contributed by atoms with Gasteiger partial charge in [-0.15, -0.1) is 0 Å². The van der Waals surface area contributed by atoms with Gasteiger partial charge < -0.3 is 19.9 Å². The molecule has 1 heterocycles. The molecule has 0 atom stereocenters. The molecule has 1 aromatic rings. The molecule has 1 fully saturated rings. The molecule has 0 bridgehead atoms. The van der Waals surface area contributed by atoms with Crippen LogP contribution < -0.4 is 10.5 Å². The molecule has 0 aliphatic carbocycles. The maximum atomic E-state index is 5.91. The van der Waals surface area contributed by atoms with Crippen LogP contribution in [0.25, 0.3) is 0 Å². The Morgan fingerprint density at radius 1 is 1.28 bits per heavy atom. The van der Waals surface area contributed by atoms with Crippen molar-refractivity contribution in [3.8, 4) is 5.75 Å². The van der Waals surface area contributed by atoms with E-state index in [-0.39, 0.29) is 0 Å². The Hall–Kier alpha value is -1.26. The van der Waals surface area contributed by atoms with Gasteiger partial charge in [0.2, 0.25) is 0 Å². The fraction of sp³-hybridized carbons (Fsp3) is 0.571. The fourth-order valence-corrected chi connectivity index (χ4v) is 2.20. The number of hydrogen-bond acceptors (Lipinski definition) is 4. The van der Waals surface area contributed by atoms with Gasteiger partial charge in [-0.3, -0.25) is 0 Å². The van der Waals surface area contributed by atoms with Crippen molar-refractivity contribution in [3.05, 3.63) is 23.8 Å². The van der Waals surface area contributed by atoms with Crippen molar-refractivity contribution in [2.24, 2.45) is 0 Å². The van der Waals surface area contributed by atoms with Gasteiger partial charge in [0.1, 0.15) is 12.4 Å². The quantitative estimate of drug-likeness (QED) is 0.644. The van der Waals surface area contributed by atoms with E-state index >= 15 is 0 Å². The highest BCUT2D eigenvalue weighted by atomic mass is 16.5. The van der Waals surface area contributed by atoms with E-state index in [4.69, 9.17) is 19.9 Å². The Morgan fingerprint density at radius 2 is 2.06 bits per heavy atom. The predicted molar refractivity (Wildman–Crippen MR) is 71.0 cm³/mol. The summed E-state index contributed by atoms with van der Waals surface area (Å²) in [6.07, 6.45) is 2.14. The lowest BCUT2D eigenvalue weighted by molar-refractivity contribution is 0.0852. The molecular weight excluding hydrogens is 230 g/mol. The topological polar surface area (TPSA) is 53.7 Å². The third-order valence-corrected chi connectivity index (χ3v) is 3.28. The van der Waals surface area contributed by atoms with Gasteiger partial charge >= 0.3 is 0 Å². The van der Waals surface area contributed by atoms with Gasteiger partial charge in [0.05, 0.1) is 12.3 Å². The minimum Gasteiger partial charge on any atom is -0.489 e. The molecule has 0 amide bonds. The van der Waals surface area contributed by atoms with E-state index in [1.807, 2.05) is 6.07 Å². The molecule has 100 valence electrons. The molecule has 2 rings (SSSR count). The van der Waals surface area contributed by atoms with Crippen molar-refractivity contribution < 1.29 is 14.2 Å². The van der Waals surface area contributed by atoms with Crippen LogP contribution in [0.5, 0.6) is 5.75 Å². The second-order valence-corrected chi connectivity index (χ2v) is 4.53. The van der Waals surface area contributed by atoms with Gasteiger partial charge in [0.15, 0.2) is 0 Å². The van der Waals surface area contributed by atoms with Crippen LogP contribution in [0, 0.1) is 0 Å². The van der Waals surface area contributed by atoms with Crippen LogP contribution in [-0.2, 0) is 9.47 Å². The second kappa shape index (κ2) is 6.61. The average Bonchev–Trinajstić information content (AvgIpc) is 2.42. The highest BCUT2D eigenvalue weighted by Gasteiger charge is 2.17. The number of anilines is 1. The Bertz CT molecular complexity index is 375. The SMILES string of the molecule is COCCOc1cc(C2CCOCC2)ccc1N. The first-order valence-electron chi connectivity index (χ1n) is 6.40. The Labute approximate surface area is 108 Å². The Balaban J connectivity index is 2.04. The fourth-order valence-electron chi connectivity index (χ4n) is 2.20. The van der Waals surface area contributed by atoms with Gasteiger partial charge in [0, 0.05) is 20.3 Å². The van der Waals surface area contributed by atoms with Crippen molar-refractivity contribution in [2.75, 3.05) is 39.3 Å². The lowest BCUT2D eigenvalue weighted by Crippen LogP contribution is -2.14. The predicted octanol–water partition coefficient (Wildman–Crippen LogP) is 2.19. The first-order valence-corrected chi connectivity index (χ1v) is 6.40. The van der Waals surface area contributed by atoms with Crippen LogP contribution in [-0.4, -0.2) is 33.5 Å². The molecule has 0 saturated carbocycles. The molecule has 1 aliphatic rings. The molecular formula is C14H21NO3. The van der Waals surface area contributed by atoms with E-state index in [1.54, 1.807) is 7.11 Å². The molecule has 1 aromatic carbocycles. The van der Waals surface area contributed by atoms with Gasteiger partial charge in [-0.2, -0.15) is 0 Å². The molecule has 0 radical (unpaired) electrons. The molecule has 4 nitrogen and oxygen atoms in total. The summed E-state index contributed by atoms with van der Waals surface area (Å²) < 4.78 is 16.0. The van der Waals surface area contributed by atoms with Gasteiger partial charge in [-0.05, 0) is 36.5 Å². The third-order valence-electron chi connectivity index (χ3n) is 3.28. The normalized spacial score (nSPS) is 16.7. The van der Waals surface area contributed by atoms with E-state index < -0.39 is 0 Å². The van der Waals surface area contributed by atoms with Crippen molar-refractivity contribution in [3.63, 3.8) is 0 Å². The summed E-state index contributed by atoms with van der Waals surface area (Å²) in [5.74, 6) is 1.32. The van der Waals surface area contributed by atoms with E-state index in [9.17, 15) is 0 Å². The van der Waals surface area contributed by atoms with E-state index in [0.29, 0.717) is 24.8 Å². The molecule has 18 heavy (non-hydrogen) atoms.